The Balaban J connectivity index is 0.00000435. The van der Waals surface area contributed by atoms with E-state index >= 15 is 0 Å². The van der Waals surface area contributed by atoms with E-state index < -0.39 is 0 Å². The average molecular weight is 840 g/mol. The van der Waals surface area contributed by atoms with E-state index in [1.54, 1.807) is 23.6 Å². The topological polar surface area (TPSA) is 167 Å². The third kappa shape index (κ3) is 11.0. The maximum atomic E-state index is 13.6. The summed E-state index contributed by atoms with van der Waals surface area (Å²) in [5, 5.41) is 23.8. The summed E-state index contributed by atoms with van der Waals surface area (Å²) in [6, 6.07) is 7.91. The van der Waals surface area contributed by atoms with Gasteiger partial charge in [-0.1, -0.05) is 0 Å². The van der Waals surface area contributed by atoms with Crippen molar-refractivity contribution in [1.29, 1.82) is 0 Å². The molecule has 0 unspecified atom stereocenters. The third-order valence-electron chi connectivity index (χ3n) is 11.8. The van der Waals surface area contributed by atoms with Crippen LogP contribution in [0.2, 0.25) is 0 Å². The molecule has 2 aromatic carbocycles. The SMILES string of the molecule is CC[N+](CC)(CCCCCn1c(C)cc(=O)n(CCCCC[N+](CC)(CC)Cc2cc3c(cc2[N+](=O)[O-])OCO3)c1=O)Cc1cc2c(cc1[N+](=O)[O-])OCO2.[Cl-].[Cl-]. The van der Waals surface area contributed by atoms with Crippen molar-refractivity contribution >= 4 is 11.4 Å². The molecule has 16 nitrogen and oxygen atoms in total. The summed E-state index contributed by atoms with van der Waals surface area (Å²) in [5.74, 6) is 1.85. The fraction of sp³-hybridized carbons (Fsp3) is 0.590. The van der Waals surface area contributed by atoms with Crippen molar-refractivity contribution in [2.24, 2.45) is 0 Å². The molecule has 0 bridgehead atoms. The van der Waals surface area contributed by atoms with Gasteiger partial charge in [-0.2, -0.15) is 0 Å². The monoisotopic (exact) mass is 838 g/mol. The predicted molar refractivity (Wildman–Crippen MR) is 206 cm³/mol. The highest BCUT2D eigenvalue weighted by molar-refractivity contribution is 5.56. The highest BCUT2D eigenvalue weighted by Crippen LogP contribution is 2.40. The average Bonchev–Trinajstić information content (AvgIpc) is 3.84. The van der Waals surface area contributed by atoms with Gasteiger partial charge < -0.3 is 52.7 Å². The van der Waals surface area contributed by atoms with E-state index in [0.29, 0.717) is 81.4 Å². The number of ether oxygens (including phenoxy) is 4. The van der Waals surface area contributed by atoms with Crippen molar-refractivity contribution in [2.75, 3.05) is 52.9 Å². The van der Waals surface area contributed by atoms with Crippen molar-refractivity contribution in [3.63, 3.8) is 0 Å². The standard InChI is InChI=1S/C39H56N6O10.2ClH/c1-6-44(7-2,25-30-21-34-36(54-27-52-34)23-32(30)42(48)49)18-14-10-12-16-40-29(5)20-38(46)41(39(40)47)17-13-11-15-19-45(8-3,9-4)26-31-22-35-37(55-28-53-35)24-33(31)43(50)51;;/h20-24H,6-19,25-28H2,1-5H3;2*1H/q+2;;/p-2. The van der Waals surface area contributed by atoms with E-state index in [9.17, 15) is 29.8 Å². The number of hydrogen-bond donors (Lipinski definition) is 0. The molecule has 316 valence electrons. The molecule has 1 aromatic heterocycles. The highest BCUT2D eigenvalue weighted by Gasteiger charge is 2.32. The molecule has 0 fully saturated rings. The molecule has 0 N–H and O–H groups in total. The molecule has 0 radical (unpaired) electrons. The normalized spacial score (nSPS) is 12.9. The zero-order valence-corrected chi connectivity index (χ0v) is 35.1. The van der Waals surface area contributed by atoms with Gasteiger partial charge >= 0.3 is 5.69 Å². The molecule has 3 aromatic rings. The van der Waals surface area contributed by atoms with Crippen molar-refractivity contribution < 1.29 is 62.6 Å². The van der Waals surface area contributed by atoms with Crippen LogP contribution in [0.5, 0.6) is 23.0 Å². The summed E-state index contributed by atoms with van der Waals surface area (Å²) in [5.41, 5.74) is 1.36. The first kappa shape index (κ1) is 47.0. The summed E-state index contributed by atoms with van der Waals surface area (Å²) in [6.07, 6.45) is 4.79. The molecule has 0 saturated carbocycles. The molecule has 0 aliphatic carbocycles. The number of rotatable bonds is 22. The molecule has 0 atom stereocenters. The fourth-order valence-electron chi connectivity index (χ4n) is 7.94. The molecule has 3 heterocycles. The molecular weight excluding hydrogens is 783 g/mol. The number of nitro groups is 2. The Labute approximate surface area is 345 Å². The van der Waals surface area contributed by atoms with Crippen LogP contribution < -0.4 is 55.0 Å². The summed E-state index contributed by atoms with van der Waals surface area (Å²) in [7, 11) is 0. The summed E-state index contributed by atoms with van der Waals surface area (Å²) in [6.45, 7) is 16.9. The second-order valence-corrected chi connectivity index (χ2v) is 14.7. The van der Waals surface area contributed by atoms with Crippen LogP contribution in [0, 0.1) is 27.2 Å². The first-order chi connectivity index (χ1) is 26.4. The zero-order chi connectivity index (χ0) is 39.8. The molecule has 2 aliphatic rings. The van der Waals surface area contributed by atoms with Crippen LogP contribution in [-0.2, 0) is 26.2 Å². The van der Waals surface area contributed by atoms with Crippen LogP contribution >= 0.6 is 0 Å². The van der Waals surface area contributed by atoms with Gasteiger partial charge in [0.15, 0.2) is 23.0 Å². The quantitative estimate of drug-likeness (QED) is 0.0585. The van der Waals surface area contributed by atoms with Gasteiger partial charge in [0.1, 0.15) is 13.1 Å². The molecule has 0 amide bonds. The Hall–Kier alpha value is -4.38. The van der Waals surface area contributed by atoms with Crippen molar-refractivity contribution in [1.82, 2.24) is 9.13 Å². The maximum absolute atomic E-state index is 13.6. The third-order valence-corrected chi connectivity index (χ3v) is 11.8. The molecule has 0 saturated heterocycles. The Bertz CT molecular complexity index is 1980. The molecular formula is C39H56Cl2N6O10. The number of aryl methyl sites for hydroxylation is 1. The smallest absolute Gasteiger partial charge is 0.331 e. The van der Waals surface area contributed by atoms with Crippen molar-refractivity contribution in [3.8, 4) is 23.0 Å². The molecule has 57 heavy (non-hydrogen) atoms. The van der Waals surface area contributed by atoms with Gasteiger partial charge in [0.2, 0.25) is 13.6 Å². The number of nitrogens with zero attached hydrogens (tertiary/aromatic N) is 6. The number of nitro benzene ring substituents is 2. The largest absolute Gasteiger partial charge is 1.00 e. The fourth-order valence-corrected chi connectivity index (χ4v) is 7.94. The van der Waals surface area contributed by atoms with Crippen molar-refractivity contribution in [3.05, 3.63) is 88.2 Å². The Morgan fingerprint density at radius 3 is 1.37 bits per heavy atom. The van der Waals surface area contributed by atoms with E-state index in [2.05, 4.69) is 27.7 Å². The summed E-state index contributed by atoms with van der Waals surface area (Å²) < 4.78 is 26.1. The lowest BCUT2D eigenvalue weighted by Crippen LogP contribution is -3.00. The van der Waals surface area contributed by atoms with Gasteiger partial charge in [-0.15, -0.1) is 0 Å². The van der Waals surface area contributed by atoms with E-state index in [1.165, 1.54) is 22.8 Å². The van der Waals surface area contributed by atoms with Crippen LogP contribution in [0.1, 0.15) is 83.0 Å². The number of benzene rings is 2. The first-order valence-corrected chi connectivity index (χ1v) is 19.5. The van der Waals surface area contributed by atoms with Gasteiger partial charge in [0.05, 0.1) is 72.4 Å². The predicted octanol–water partition coefficient (Wildman–Crippen LogP) is 0.0544. The molecule has 0 spiro atoms. The van der Waals surface area contributed by atoms with Crippen LogP contribution in [0.3, 0.4) is 0 Å². The molecule has 18 heteroatoms. The lowest BCUT2D eigenvalue weighted by atomic mass is 10.1. The first-order valence-electron chi connectivity index (χ1n) is 19.5. The minimum Gasteiger partial charge on any atom is -1.00 e. The second kappa shape index (κ2) is 20.9. The second-order valence-electron chi connectivity index (χ2n) is 14.7. The van der Waals surface area contributed by atoms with E-state index in [0.717, 1.165) is 71.4 Å². The van der Waals surface area contributed by atoms with E-state index in [4.69, 9.17) is 18.9 Å². The van der Waals surface area contributed by atoms with Gasteiger partial charge in [-0.25, -0.2) is 4.79 Å². The number of halogens is 2. The van der Waals surface area contributed by atoms with Gasteiger partial charge in [0.25, 0.3) is 16.9 Å². The lowest BCUT2D eigenvalue weighted by Gasteiger charge is -2.37. The Kier molecular flexibility index (Phi) is 17.2. The minimum atomic E-state index is -0.368. The zero-order valence-electron chi connectivity index (χ0n) is 33.6. The van der Waals surface area contributed by atoms with Gasteiger partial charge in [0, 0.05) is 24.8 Å². The van der Waals surface area contributed by atoms with Crippen LogP contribution in [0.25, 0.3) is 0 Å². The van der Waals surface area contributed by atoms with Gasteiger partial charge in [-0.05, 0) is 85.3 Å². The Morgan fingerprint density at radius 2 is 0.982 bits per heavy atom. The number of aromatic nitrogens is 2. The maximum Gasteiger partial charge on any atom is 0.331 e. The van der Waals surface area contributed by atoms with Crippen molar-refractivity contribution in [2.45, 2.75) is 99.3 Å². The van der Waals surface area contributed by atoms with Crippen LogP contribution in [0.4, 0.5) is 11.4 Å². The number of unbranched alkanes of at least 4 members (excludes halogenated alkanes) is 4. The summed E-state index contributed by atoms with van der Waals surface area (Å²) >= 11 is 0. The molecule has 5 rings (SSSR count). The molecule has 2 aliphatic heterocycles. The minimum absolute atomic E-state index is 0. The van der Waals surface area contributed by atoms with E-state index in [-0.39, 0.29) is 70.9 Å². The lowest BCUT2D eigenvalue weighted by molar-refractivity contribution is -0.938. The number of fused-ring (bicyclic) bond motifs is 2. The van der Waals surface area contributed by atoms with E-state index in [1.807, 2.05) is 0 Å². The van der Waals surface area contributed by atoms with Crippen LogP contribution in [0.15, 0.2) is 39.9 Å². The van der Waals surface area contributed by atoms with Gasteiger partial charge in [-0.3, -0.25) is 34.2 Å². The van der Waals surface area contributed by atoms with Crippen LogP contribution in [-0.4, -0.2) is 80.8 Å². The Morgan fingerprint density at radius 1 is 0.596 bits per heavy atom. The summed E-state index contributed by atoms with van der Waals surface area (Å²) in [4.78, 5) is 49.6. The number of quaternary nitrogens is 2. The number of hydrogen-bond acceptors (Lipinski definition) is 10. The highest BCUT2D eigenvalue weighted by atomic mass is 35.5.